The van der Waals surface area contributed by atoms with E-state index in [1.165, 1.54) is 0 Å². The van der Waals surface area contributed by atoms with Gasteiger partial charge in [-0.15, -0.1) is 0 Å². The van der Waals surface area contributed by atoms with Crippen LogP contribution < -0.4 is 4.72 Å². The van der Waals surface area contributed by atoms with Crippen LogP contribution in [0.1, 0.15) is 22.8 Å². The molecule has 126 valence electrons. The minimum absolute atomic E-state index is 0.806. The summed E-state index contributed by atoms with van der Waals surface area (Å²) in [7, 11) is 0. The molecule has 26 heavy (non-hydrogen) atoms. The summed E-state index contributed by atoms with van der Waals surface area (Å²) in [5.41, 5.74) is 7.86. The van der Waals surface area contributed by atoms with E-state index in [0.717, 1.165) is 61.4 Å². The molecule has 8 bridgehead atoms. The van der Waals surface area contributed by atoms with Crippen LogP contribution in [0, 0.1) is 0 Å². The Labute approximate surface area is 159 Å². The molecule has 2 aliphatic rings. The highest BCUT2D eigenvalue weighted by Gasteiger charge is 2.00. The lowest BCUT2D eigenvalue weighted by Gasteiger charge is -1.85. The third kappa shape index (κ3) is 3.53. The molecule has 3 aromatic rings. The van der Waals surface area contributed by atoms with Gasteiger partial charge >= 0.3 is 16.5 Å². The number of aromatic amines is 2. The summed E-state index contributed by atoms with van der Waals surface area (Å²) in [5, 5.41) is 0. The molecule has 5 heterocycles. The molecule has 0 amide bonds. The quantitative estimate of drug-likeness (QED) is 0.373. The van der Waals surface area contributed by atoms with Gasteiger partial charge in [0, 0.05) is 22.1 Å². The van der Waals surface area contributed by atoms with Crippen molar-refractivity contribution >= 4 is 62.9 Å². The van der Waals surface area contributed by atoms with Gasteiger partial charge < -0.3 is 14.7 Å². The van der Waals surface area contributed by atoms with Gasteiger partial charge in [0.15, 0.2) is 0 Å². The Bertz CT molecular complexity index is 993. The molecule has 2 aliphatic heterocycles. The van der Waals surface area contributed by atoms with Crippen molar-refractivity contribution in [2.45, 2.75) is 0 Å². The fraction of sp³-hybridized carbons (Fsp3) is 0. The lowest BCUT2D eigenvalue weighted by atomic mass is 10.3. The largest absolute Gasteiger partial charge is 0.418 e. The maximum absolute atomic E-state index is 4.64. The second-order valence-corrected chi connectivity index (χ2v) is 5.91. The number of nitrogens with two attached hydrogens (primary N) is 1. The summed E-state index contributed by atoms with van der Waals surface area (Å²) in [5.74, 6) is 0. The fourth-order valence-electron chi connectivity index (χ4n) is 2.94. The van der Waals surface area contributed by atoms with Crippen LogP contribution in [-0.2, 0) is 0 Å². The number of nitrogens with one attached hydrogen (secondary N) is 2. The summed E-state index contributed by atoms with van der Waals surface area (Å²) < 4.78 is 4.64. The van der Waals surface area contributed by atoms with Crippen LogP contribution in [0.25, 0.3) is 46.4 Å². The van der Waals surface area contributed by atoms with E-state index in [4.69, 9.17) is 0 Å². The second-order valence-electron chi connectivity index (χ2n) is 5.91. The minimum atomic E-state index is 0.806. The van der Waals surface area contributed by atoms with E-state index in [-0.39, 0.29) is 0 Å². The van der Waals surface area contributed by atoms with E-state index in [9.17, 15) is 0 Å². The van der Waals surface area contributed by atoms with E-state index in [1.54, 1.807) is 0 Å². The highest BCUT2D eigenvalue weighted by molar-refractivity contribution is 6.02. The Morgan fingerprint density at radius 3 is 1.08 bits per heavy atom. The number of aromatic nitrogens is 4. The maximum atomic E-state index is 4.64. The fourth-order valence-corrected chi connectivity index (χ4v) is 2.94. The molecule has 5 rings (SSSR count). The lowest BCUT2D eigenvalue weighted by Crippen LogP contribution is -1.75. The van der Waals surface area contributed by atoms with Crippen molar-refractivity contribution in [3.8, 4) is 0 Å². The second kappa shape index (κ2) is 7.14. The Morgan fingerprint density at radius 1 is 0.538 bits per heavy atom. The van der Waals surface area contributed by atoms with Crippen molar-refractivity contribution in [2.75, 3.05) is 0 Å². The zero-order chi connectivity index (χ0) is 17.9. The molecule has 0 spiro atoms. The summed E-state index contributed by atoms with van der Waals surface area (Å²) in [6, 6.07) is 16.4. The number of nitrogens with zero attached hydrogens (tertiary/aromatic N) is 2. The molecule has 0 atom stereocenters. The van der Waals surface area contributed by atoms with Crippen molar-refractivity contribution in [3.63, 3.8) is 0 Å². The molecule has 4 N–H and O–H groups in total. The van der Waals surface area contributed by atoms with Crippen molar-refractivity contribution < 1.29 is 0 Å². The summed E-state index contributed by atoms with van der Waals surface area (Å²) >= 11 is 0.806. The molecule has 0 saturated heterocycles. The van der Waals surface area contributed by atoms with Gasteiger partial charge in [0.2, 0.25) is 0 Å². The minimum Gasteiger partial charge on any atom is -0.418 e. The Balaban J connectivity index is 0.000000814. The molecule has 0 unspecified atom stereocenters. The lowest BCUT2D eigenvalue weighted by molar-refractivity contribution is 1.31. The van der Waals surface area contributed by atoms with Crippen molar-refractivity contribution in [2.24, 2.45) is 4.72 Å². The van der Waals surface area contributed by atoms with Gasteiger partial charge in [-0.2, -0.15) is 0 Å². The third-order valence-corrected chi connectivity index (χ3v) is 4.04. The van der Waals surface area contributed by atoms with Crippen LogP contribution in [0.3, 0.4) is 0 Å². The zero-order valence-corrected chi connectivity index (χ0v) is 16.4. The maximum Gasteiger partial charge on any atom is 0.316 e. The zero-order valence-electron chi connectivity index (χ0n) is 14.4. The number of fused-ring (bicyclic) bond motifs is 8. The average molecular weight is 355 g/mol. The highest BCUT2D eigenvalue weighted by atomic mass is 27.1. The first-order valence-corrected chi connectivity index (χ1v) is 9.58. The number of rotatable bonds is 0. The van der Waals surface area contributed by atoms with Gasteiger partial charge in [0.25, 0.3) is 0 Å². The Hall–Kier alpha value is -2.91. The van der Waals surface area contributed by atoms with E-state index in [2.05, 4.69) is 48.9 Å². The molecule has 3 aromatic heterocycles. The normalized spacial score (nSPS) is 11.9. The summed E-state index contributed by atoms with van der Waals surface area (Å²) in [6.45, 7) is 0. The van der Waals surface area contributed by atoms with Crippen molar-refractivity contribution in [3.05, 3.63) is 71.3 Å². The predicted molar refractivity (Wildman–Crippen MR) is 112 cm³/mol. The predicted octanol–water partition coefficient (Wildman–Crippen LogP) is 3.15. The van der Waals surface area contributed by atoms with Crippen molar-refractivity contribution in [1.29, 1.82) is 0 Å². The van der Waals surface area contributed by atoms with E-state index >= 15 is 0 Å². The molecular weight excluding hydrogens is 337 g/mol. The van der Waals surface area contributed by atoms with Gasteiger partial charge in [0.05, 0.1) is 22.8 Å². The molecule has 0 aliphatic carbocycles. The van der Waals surface area contributed by atoms with Crippen LogP contribution in [0.2, 0.25) is 0 Å². The first-order valence-electron chi connectivity index (χ1n) is 8.42. The van der Waals surface area contributed by atoms with Crippen LogP contribution in [0.15, 0.2) is 48.5 Å². The van der Waals surface area contributed by atoms with E-state index in [1.807, 2.05) is 48.6 Å². The average Bonchev–Trinajstić information content (AvgIpc) is 3.42. The van der Waals surface area contributed by atoms with Gasteiger partial charge in [-0.25, -0.2) is 9.97 Å². The molecular formula is C20H18AlN5. The smallest absolute Gasteiger partial charge is 0.316 e. The number of hydrogen-bond acceptors (Lipinski definition) is 3. The van der Waals surface area contributed by atoms with Crippen LogP contribution in [0.5, 0.6) is 0 Å². The van der Waals surface area contributed by atoms with Gasteiger partial charge in [-0.05, 0) is 72.8 Å². The molecule has 0 fully saturated rings. The van der Waals surface area contributed by atoms with Crippen LogP contribution in [0.4, 0.5) is 0 Å². The third-order valence-electron chi connectivity index (χ3n) is 4.04. The summed E-state index contributed by atoms with van der Waals surface area (Å²) in [6.07, 6.45) is 8.09. The molecule has 6 heteroatoms. The van der Waals surface area contributed by atoms with E-state index < -0.39 is 0 Å². The molecule has 0 radical (unpaired) electrons. The number of hydrogen-bond donors (Lipinski definition) is 3. The van der Waals surface area contributed by atoms with Crippen LogP contribution >= 0.6 is 0 Å². The number of H-pyrrole nitrogens is 2. The topological polar surface area (TPSA) is 83.4 Å². The van der Waals surface area contributed by atoms with Crippen molar-refractivity contribution in [1.82, 2.24) is 19.9 Å². The van der Waals surface area contributed by atoms with Crippen LogP contribution in [-0.4, -0.2) is 36.4 Å². The SMILES string of the molecule is C1=Cc2cc3ccc(cc4nc(cc5ccc(cc1n2)[nH]5)C=C4)[nH]3.[NH2][AlH2]. The highest BCUT2D eigenvalue weighted by Crippen LogP contribution is 2.16. The standard InChI is InChI=1S/C20H14N4.Al.H2N.2H/c1-2-14-10-16-5-6-18(23-16)12-20-8-7-19(24-20)11-17-4-3-15(22-17)9-13(1)21-14;;;;/h1-12,21,24H;;1H2;;/q;+1;-1;;. The molecule has 0 aromatic carbocycles. The first kappa shape index (κ1) is 16.6. The van der Waals surface area contributed by atoms with Gasteiger partial charge in [-0.3, -0.25) is 0 Å². The molecule has 5 nitrogen and oxygen atoms in total. The monoisotopic (exact) mass is 355 g/mol. The molecule has 0 saturated carbocycles. The Morgan fingerprint density at radius 2 is 0.808 bits per heavy atom. The summed E-state index contributed by atoms with van der Waals surface area (Å²) in [4.78, 5) is 16.0. The Kier molecular flexibility index (Phi) is 4.55. The van der Waals surface area contributed by atoms with Gasteiger partial charge in [0.1, 0.15) is 0 Å². The first-order chi connectivity index (χ1) is 12.8. The van der Waals surface area contributed by atoms with Gasteiger partial charge in [-0.1, -0.05) is 0 Å². The van der Waals surface area contributed by atoms with E-state index in [0.29, 0.717) is 0 Å².